The van der Waals surface area contributed by atoms with Crippen LogP contribution in [-0.2, 0) is 14.4 Å². The number of likely N-dealkylation sites (N-methyl/N-ethyl adjacent to an activating group) is 1. The number of carbonyl (C=O) groups is 3. The van der Waals surface area contributed by atoms with Crippen molar-refractivity contribution >= 4 is 17.8 Å². The van der Waals surface area contributed by atoms with Gasteiger partial charge in [-0.3, -0.25) is 14.4 Å². The van der Waals surface area contributed by atoms with Crippen molar-refractivity contribution in [1.29, 1.82) is 0 Å². The van der Waals surface area contributed by atoms with Gasteiger partial charge in [0.1, 0.15) is 12.1 Å². The molecular formula is C13H25N3O4. The third kappa shape index (κ3) is 7.73. The van der Waals surface area contributed by atoms with E-state index < -0.39 is 18.1 Å². The van der Waals surface area contributed by atoms with E-state index in [9.17, 15) is 14.4 Å². The number of nitrogens with one attached hydrogen (secondary N) is 2. The van der Waals surface area contributed by atoms with Crippen LogP contribution in [0.2, 0.25) is 0 Å². The lowest BCUT2D eigenvalue weighted by Crippen LogP contribution is -2.47. The highest BCUT2D eigenvalue weighted by molar-refractivity contribution is 5.87. The van der Waals surface area contributed by atoms with Crippen LogP contribution in [0.25, 0.3) is 0 Å². The van der Waals surface area contributed by atoms with Crippen molar-refractivity contribution in [3.8, 4) is 0 Å². The number of hydrogen-bond donors (Lipinski definition) is 4. The molecule has 116 valence electrons. The van der Waals surface area contributed by atoms with Gasteiger partial charge in [0.15, 0.2) is 0 Å². The van der Waals surface area contributed by atoms with Crippen LogP contribution < -0.4 is 16.4 Å². The van der Waals surface area contributed by atoms with E-state index >= 15 is 0 Å². The Morgan fingerprint density at radius 3 is 2.30 bits per heavy atom. The number of hydrogen-bond acceptors (Lipinski definition) is 4. The zero-order chi connectivity index (χ0) is 15.7. The first-order valence-corrected chi connectivity index (χ1v) is 6.83. The van der Waals surface area contributed by atoms with Gasteiger partial charge in [-0.25, -0.2) is 0 Å². The van der Waals surface area contributed by atoms with Gasteiger partial charge in [0.2, 0.25) is 11.8 Å². The predicted octanol–water partition coefficient (Wildman–Crippen LogP) is -0.154. The molecule has 2 amide bonds. The fraction of sp³-hybridized carbons (Fsp3) is 0.769. The van der Waals surface area contributed by atoms with Crippen LogP contribution in [0.1, 0.15) is 40.0 Å². The average Bonchev–Trinajstić information content (AvgIpc) is 2.34. The molecule has 0 aromatic carbocycles. The smallest absolute Gasteiger partial charge is 0.320 e. The average molecular weight is 287 g/mol. The molecule has 0 fully saturated rings. The zero-order valence-corrected chi connectivity index (χ0v) is 12.3. The number of amides is 2. The summed E-state index contributed by atoms with van der Waals surface area (Å²) >= 11 is 0. The van der Waals surface area contributed by atoms with E-state index in [1.54, 1.807) is 6.92 Å². The SMILES string of the molecule is CCNC(=O)C(CC(C)C)NC(=O)CCC(N)C(=O)O. The molecule has 7 nitrogen and oxygen atoms in total. The molecule has 0 saturated heterocycles. The van der Waals surface area contributed by atoms with Crippen LogP contribution in [0.4, 0.5) is 0 Å². The van der Waals surface area contributed by atoms with E-state index in [0.29, 0.717) is 13.0 Å². The Labute approximate surface area is 119 Å². The molecule has 5 N–H and O–H groups in total. The van der Waals surface area contributed by atoms with Crippen molar-refractivity contribution in [2.45, 2.75) is 52.1 Å². The molecular weight excluding hydrogens is 262 g/mol. The minimum Gasteiger partial charge on any atom is -0.480 e. The Morgan fingerprint density at radius 2 is 1.85 bits per heavy atom. The second kappa shape index (κ2) is 9.30. The second-order valence-electron chi connectivity index (χ2n) is 5.13. The van der Waals surface area contributed by atoms with Gasteiger partial charge in [-0.1, -0.05) is 13.8 Å². The molecule has 0 aromatic rings. The first-order valence-electron chi connectivity index (χ1n) is 6.83. The van der Waals surface area contributed by atoms with Crippen LogP contribution in [0.15, 0.2) is 0 Å². The Hall–Kier alpha value is -1.63. The minimum atomic E-state index is -1.14. The largest absolute Gasteiger partial charge is 0.480 e. The van der Waals surface area contributed by atoms with Gasteiger partial charge in [-0.15, -0.1) is 0 Å². The Balaban J connectivity index is 4.38. The van der Waals surface area contributed by atoms with E-state index in [2.05, 4.69) is 10.6 Å². The zero-order valence-electron chi connectivity index (χ0n) is 12.3. The summed E-state index contributed by atoms with van der Waals surface area (Å²) in [4.78, 5) is 34.1. The van der Waals surface area contributed by atoms with E-state index in [-0.39, 0.29) is 30.6 Å². The highest BCUT2D eigenvalue weighted by Crippen LogP contribution is 2.06. The van der Waals surface area contributed by atoms with E-state index in [0.717, 1.165) is 0 Å². The topological polar surface area (TPSA) is 122 Å². The third-order valence-electron chi connectivity index (χ3n) is 2.71. The predicted molar refractivity (Wildman–Crippen MR) is 74.9 cm³/mol. The van der Waals surface area contributed by atoms with Crippen molar-refractivity contribution in [3.63, 3.8) is 0 Å². The summed E-state index contributed by atoms with van der Waals surface area (Å²) in [7, 11) is 0. The van der Waals surface area contributed by atoms with Crippen molar-refractivity contribution in [3.05, 3.63) is 0 Å². The van der Waals surface area contributed by atoms with Crippen molar-refractivity contribution in [2.75, 3.05) is 6.54 Å². The lowest BCUT2D eigenvalue weighted by molar-refractivity contribution is -0.139. The number of nitrogens with two attached hydrogens (primary N) is 1. The van der Waals surface area contributed by atoms with Gasteiger partial charge in [-0.2, -0.15) is 0 Å². The lowest BCUT2D eigenvalue weighted by atomic mass is 10.0. The Morgan fingerprint density at radius 1 is 1.25 bits per heavy atom. The number of carboxylic acid groups (broad SMARTS) is 1. The normalized spacial score (nSPS) is 13.7. The second-order valence-corrected chi connectivity index (χ2v) is 5.13. The first kappa shape index (κ1) is 18.4. The first-order chi connectivity index (χ1) is 9.27. The summed E-state index contributed by atoms with van der Waals surface area (Å²) in [6.45, 7) is 6.21. The minimum absolute atomic E-state index is 0.0124. The fourth-order valence-electron chi connectivity index (χ4n) is 1.68. The van der Waals surface area contributed by atoms with E-state index in [1.807, 2.05) is 13.8 Å². The molecule has 0 aromatic heterocycles. The monoisotopic (exact) mass is 287 g/mol. The summed E-state index contributed by atoms with van der Waals surface area (Å²) in [5.74, 6) is -1.47. The Kier molecular flexibility index (Phi) is 8.54. The maximum absolute atomic E-state index is 11.8. The highest BCUT2D eigenvalue weighted by Gasteiger charge is 2.22. The molecule has 0 spiro atoms. The maximum Gasteiger partial charge on any atom is 0.320 e. The quantitative estimate of drug-likeness (QED) is 0.469. The molecule has 0 radical (unpaired) electrons. The molecule has 0 heterocycles. The van der Waals surface area contributed by atoms with Crippen LogP contribution >= 0.6 is 0 Å². The summed E-state index contributed by atoms with van der Waals surface area (Å²) in [5.41, 5.74) is 5.32. The van der Waals surface area contributed by atoms with Crippen molar-refractivity contribution < 1.29 is 19.5 Å². The summed E-state index contributed by atoms with van der Waals surface area (Å²) < 4.78 is 0. The molecule has 0 aliphatic rings. The standard InChI is InChI=1S/C13H25N3O4/c1-4-15-12(18)10(7-8(2)3)16-11(17)6-5-9(14)13(19)20/h8-10H,4-7,14H2,1-3H3,(H,15,18)(H,16,17)(H,19,20). The van der Waals surface area contributed by atoms with Gasteiger partial charge < -0.3 is 21.5 Å². The van der Waals surface area contributed by atoms with Crippen LogP contribution in [0.5, 0.6) is 0 Å². The van der Waals surface area contributed by atoms with Gasteiger partial charge in [0.05, 0.1) is 0 Å². The lowest BCUT2D eigenvalue weighted by Gasteiger charge is -2.20. The number of carboxylic acids is 1. The molecule has 0 rings (SSSR count). The van der Waals surface area contributed by atoms with Gasteiger partial charge >= 0.3 is 5.97 Å². The fourth-order valence-corrected chi connectivity index (χ4v) is 1.68. The molecule has 0 saturated carbocycles. The van der Waals surface area contributed by atoms with Crippen LogP contribution in [-0.4, -0.2) is 41.5 Å². The maximum atomic E-state index is 11.8. The number of rotatable bonds is 9. The van der Waals surface area contributed by atoms with E-state index in [1.165, 1.54) is 0 Å². The summed E-state index contributed by atoms with van der Waals surface area (Å²) in [6, 6.07) is -1.66. The third-order valence-corrected chi connectivity index (χ3v) is 2.71. The molecule has 0 aliphatic heterocycles. The summed E-state index contributed by atoms with van der Waals surface area (Å²) in [6.07, 6.45) is 0.564. The molecule has 2 atom stereocenters. The van der Waals surface area contributed by atoms with Gasteiger partial charge in [0, 0.05) is 13.0 Å². The van der Waals surface area contributed by atoms with Crippen molar-refractivity contribution in [2.24, 2.45) is 11.7 Å². The van der Waals surface area contributed by atoms with Crippen LogP contribution in [0, 0.1) is 5.92 Å². The van der Waals surface area contributed by atoms with E-state index in [4.69, 9.17) is 10.8 Å². The molecule has 2 unspecified atom stereocenters. The van der Waals surface area contributed by atoms with Gasteiger partial charge in [-0.05, 0) is 25.7 Å². The molecule has 20 heavy (non-hydrogen) atoms. The van der Waals surface area contributed by atoms with Crippen LogP contribution in [0.3, 0.4) is 0 Å². The summed E-state index contributed by atoms with van der Waals surface area (Å²) in [5, 5.41) is 13.9. The molecule has 0 bridgehead atoms. The molecule has 0 aliphatic carbocycles. The highest BCUT2D eigenvalue weighted by atomic mass is 16.4. The van der Waals surface area contributed by atoms with Crippen molar-refractivity contribution in [1.82, 2.24) is 10.6 Å². The molecule has 7 heteroatoms. The van der Waals surface area contributed by atoms with Gasteiger partial charge in [0.25, 0.3) is 0 Å². The number of aliphatic carboxylic acids is 1. The number of carbonyl (C=O) groups excluding carboxylic acids is 2. The Bertz CT molecular complexity index is 345.